The molecule has 0 aliphatic carbocycles. The summed E-state index contributed by atoms with van der Waals surface area (Å²) in [6.07, 6.45) is -0.757. The third-order valence-corrected chi connectivity index (χ3v) is 3.53. The highest BCUT2D eigenvalue weighted by molar-refractivity contribution is 5.89. The van der Waals surface area contributed by atoms with Crippen molar-refractivity contribution in [3.63, 3.8) is 0 Å². The van der Waals surface area contributed by atoms with Crippen molar-refractivity contribution in [2.45, 2.75) is 32.2 Å². The second-order valence-corrected chi connectivity index (χ2v) is 4.89. The zero-order valence-corrected chi connectivity index (χ0v) is 11.5. The Morgan fingerprint density at radius 2 is 2.10 bits per heavy atom. The average Bonchev–Trinajstić information content (AvgIpc) is 2.73. The summed E-state index contributed by atoms with van der Waals surface area (Å²) >= 11 is 0. The third-order valence-electron chi connectivity index (χ3n) is 3.53. The van der Waals surface area contributed by atoms with Gasteiger partial charge in [-0.3, -0.25) is 0 Å². The van der Waals surface area contributed by atoms with Crippen molar-refractivity contribution in [3.8, 4) is 0 Å². The fourth-order valence-electron chi connectivity index (χ4n) is 2.41. The predicted molar refractivity (Wildman–Crippen MR) is 73.2 cm³/mol. The maximum atomic E-state index is 12.1. The highest BCUT2D eigenvalue weighted by Crippen LogP contribution is 2.30. The normalized spacial score (nSPS) is 28.7. The molecule has 0 N–H and O–H groups in total. The Balaban J connectivity index is 2.02. The molecule has 1 aliphatic rings. The van der Waals surface area contributed by atoms with Crippen LogP contribution in [0.1, 0.15) is 24.2 Å². The molecule has 0 radical (unpaired) electrons. The molecule has 2 rings (SSSR count). The number of benzene rings is 1. The number of azide groups is 1. The van der Waals surface area contributed by atoms with Gasteiger partial charge in [0.1, 0.15) is 6.10 Å². The van der Waals surface area contributed by atoms with Crippen molar-refractivity contribution >= 4 is 5.97 Å². The summed E-state index contributed by atoms with van der Waals surface area (Å²) in [7, 11) is 0. The molecule has 0 saturated carbocycles. The zero-order valence-electron chi connectivity index (χ0n) is 11.5. The van der Waals surface area contributed by atoms with Gasteiger partial charge in [-0.2, -0.15) is 0 Å². The molecular weight excluding hydrogens is 258 g/mol. The van der Waals surface area contributed by atoms with Crippen LogP contribution in [-0.2, 0) is 9.47 Å². The maximum Gasteiger partial charge on any atom is 0.338 e. The van der Waals surface area contributed by atoms with E-state index in [1.54, 1.807) is 24.3 Å². The van der Waals surface area contributed by atoms with Crippen LogP contribution in [0, 0.1) is 5.92 Å². The topological polar surface area (TPSA) is 84.3 Å². The number of carbonyl (C=O) groups is 1. The van der Waals surface area contributed by atoms with E-state index in [1.807, 2.05) is 19.9 Å². The summed E-state index contributed by atoms with van der Waals surface area (Å²) in [6, 6.07) is 8.85. The van der Waals surface area contributed by atoms with Gasteiger partial charge in [0, 0.05) is 10.8 Å². The smallest absolute Gasteiger partial charge is 0.338 e. The van der Waals surface area contributed by atoms with Crippen molar-refractivity contribution in [1.82, 2.24) is 0 Å². The fourth-order valence-corrected chi connectivity index (χ4v) is 2.41. The fraction of sp³-hybridized carbons (Fsp3) is 0.500. The van der Waals surface area contributed by atoms with Gasteiger partial charge in [-0.15, -0.1) is 0 Å². The Hall–Kier alpha value is -2.04. The quantitative estimate of drug-likeness (QED) is 0.366. The monoisotopic (exact) mass is 275 g/mol. The number of ether oxygens (including phenoxy) is 2. The van der Waals surface area contributed by atoms with Gasteiger partial charge >= 0.3 is 5.97 Å². The van der Waals surface area contributed by atoms with Crippen molar-refractivity contribution < 1.29 is 14.3 Å². The van der Waals surface area contributed by atoms with Gasteiger partial charge in [-0.25, -0.2) is 4.79 Å². The summed E-state index contributed by atoms with van der Waals surface area (Å²) in [5.41, 5.74) is 8.88. The van der Waals surface area contributed by atoms with Gasteiger partial charge in [-0.05, 0) is 24.6 Å². The molecule has 6 nitrogen and oxygen atoms in total. The Kier molecular flexibility index (Phi) is 4.61. The Bertz CT molecular complexity index is 514. The minimum absolute atomic E-state index is 0.0110. The van der Waals surface area contributed by atoms with E-state index in [0.29, 0.717) is 5.56 Å². The van der Waals surface area contributed by atoms with Gasteiger partial charge in [0.2, 0.25) is 0 Å². The zero-order chi connectivity index (χ0) is 14.5. The minimum Gasteiger partial charge on any atom is -0.456 e. The van der Waals surface area contributed by atoms with Gasteiger partial charge in [0.15, 0.2) is 0 Å². The number of carbonyl (C=O) groups excluding carboxylic acids is 1. The van der Waals surface area contributed by atoms with Gasteiger partial charge < -0.3 is 9.47 Å². The molecule has 1 aromatic rings. The molecule has 0 aromatic heterocycles. The van der Waals surface area contributed by atoms with Gasteiger partial charge in [0.05, 0.1) is 24.3 Å². The van der Waals surface area contributed by atoms with E-state index in [2.05, 4.69) is 10.0 Å². The summed E-state index contributed by atoms with van der Waals surface area (Å²) in [5, 5.41) is 3.53. The van der Waals surface area contributed by atoms with Crippen LogP contribution in [0.5, 0.6) is 0 Å². The maximum absolute atomic E-state index is 12.1. The standard InChI is InChI=1S/C14H17N3O3/c1-9-12(8-16-17-15)19-10(2)13(9)20-14(18)11-6-4-3-5-7-11/h3-7,9-10,12-13H,8H2,1-2H3/t9-,10-,12+,13?/m0/s1. The van der Waals surface area contributed by atoms with Crippen molar-refractivity contribution in [3.05, 3.63) is 46.3 Å². The lowest BCUT2D eigenvalue weighted by Crippen LogP contribution is -2.30. The number of hydrogen-bond donors (Lipinski definition) is 0. The van der Waals surface area contributed by atoms with Crippen LogP contribution in [0.3, 0.4) is 0 Å². The molecule has 20 heavy (non-hydrogen) atoms. The van der Waals surface area contributed by atoms with Crippen LogP contribution in [0.4, 0.5) is 0 Å². The first-order chi connectivity index (χ1) is 9.63. The number of hydrogen-bond acceptors (Lipinski definition) is 4. The highest BCUT2D eigenvalue weighted by atomic mass is 16.6. The van der Waals surface area contributed by atoms with E-state index >= 15 is 0 Å². The van der Waals surface area contributed by atoms with Gasteiger partial charge in [-0.1, -0.05) is 30.2 Å². The van der Waals surface area contributed by atoms with Crippen LogP contribution in [-0.4, -0.2) is 30.8 Å². The summed E-state index contributed by atoms with van der Waals surface area (Å²) in [5.74, 6) is -0.370. The molecule has 1 heterocycles. The molecule has 4 atom stereocenters. The molecule has 0 bridgehead atoms. The predicted octanol–water partition coefficient (Wildman–Crippen LogP) is 2.95. The lowest BCUT2D eigenvalue weighted by molar-refractivity contribution is -0.00382. The first-order valence-corrected chi connectivity index (χ1v) is 6.56. The number of rotatable bonds is 4. The van der Waals surface area contributed by atoms with Crippen molar-refractivity contribution in [2.24, 2.45) is 11.0 Å². The molecule has 0 amide bonds. The van der Waals surface area contributed by atoms with Crippen molar-refractivity contribution in [1.29, 1.82) is 0 Å². The largest absolute Gasteiger partial charge is 0.456 e. The van der Waals surface area contributed by atoms with E-state index in [0.717, 1.165) is 0 Å². The lowest BCUT2D eigenvalue weighted by Gasteiger charge is -2.19. The minimum atomic E-state index is -0.359. The molecule has 1 aliphatic heterocycles. The molecule has 1 fully saturated rings. The van der Waals surface area contributed by atoms with E-state index in [1.165, 1.54) is 0 Å². The third kappa shape index (κ3) is 3.10. The summed E-state index contributed by atoms with van der Waals surface area (Å²) < 4.78 is 11.2. The Morgan fingerprint density at radius 1 is 1.40 bits per heavy atom. The lowest BCUT2D eigenvalue weighted by atomic mass is 9.98. The molecular formula is C14H17N3O3. The van der Waals surface area contributed by atoms with Gasteiger partial charge in [0.25, 0.3) is 0 Å². The molecule has 1 unspecified atom stereocenters. The highest BCUT2D eigenvalue weighted by Gasteiger charge is 2.41. The molecule has 1 saturated heterocycles. The first kappa shape index (κ1) is 14.4. The van der Waals surface area contributed by atoms with E-state index in [-0.39, 0.29) is 36.7 Å². The first-order valence-electron chi connectivity index (χ1n) is 6.56. The second kappa shape index (κ2) is 6.41. The van der Waals surface area contributed by atoms with Crippen molar-refractivity contribution in [2.75, 3.05) is 6.54 Å². The van der Waals surface area contributed by atoms with Crippen LogP contribution in [0.25, 0.3) is 10.4 Å². The molecule has 106 valence electrons. The van der Waals surface area contributed by atoms with E-state index in [4.69, 9.17) is 15.0 Å². The van der Waals surface area contributed by atoms with Crippen LogP contribution < -0.4 is 0 Å². The molecule has 1 aromatic carbocycles. The van der Waals surface area contributed by atoms with Crippen LogP contribution in [0.15, 0.2) is 35.4 Å². The number of esters is 1. The molecule has 6 heteroatoms. The molecule has 0 spiro atoms. The van der Waals surface area contributed by atoms with Crippen LogP contribution in [0.2, 0.25) is 0 Å². The summed E-state index contributed by atoms with van der Waals surface area (Å²) in [6.45, 7) is 4.04. The Morgan fingerprint density at radius 3 is 2.75 bits per heavy atom. The number of nitrogens with zero attached hydrogens (tertiary/aromatic N) is 3. The second-order valence-electron chi connectivity index (χ2n) is 4.89. The van der Waals surface area contributed by atoms with Crippen LogP contribution >= 0.6 is 0 Å². The summed E-state index contributed by atoms with van der Waals surface area (Å²) in [4.78, 5) is 14.8. The average molecular weight is 275 g/mol. The van der Waals surface area contributed by atoms with E-state index < -0.39 is 0 Å². The van der Waals surface area contributed by atoms with E-state index in [9.17, 15) is 4.79 Å². The Labute approximate surface area is 117 Å². The SMILES string of the molecule is C[C@@H]1O[C@H](CN=[N+]=[N-])[C@H](C)C1OC(=O)c1ccccc1.